The van der Waals surface area contributed by atoms with Crippen molar-refractivity contribution < 1.29 is 0 Å². The van der Waals surface area contributed by atoms with E-state index in [2.05, 4.69) is 39.1 Å². The predicted molar refractivity (Wildman–Crippen MR) is 109 cm³/mol. The number of nitrogens with one attached hydrogen (secondary N) is 1. The number of benzene rings is 2. The molecule has 0 amide bonds. The Hall–Kier alpha value is -2.11. The van der Waals surface area contributed by atoms with Crippen LogP contribution in [0.4, 0.5) is 0 Å². The zero-order valence-electron chi connectivity index (χ0n) is 15.2. The minimum atomic E-state index is -0.0817. The van der Waals surface area contributed by atoms with Crippen LogP contribution in [0.15, 0.2) is 63.4 Å². The van der Waals surface area contributed by atoms with Crippen LogP contribution in [0.3, 0.4) is 0 Å². The quantitative estimate of drug-likeness (QED) is 0.668. The molecule has 2 saturated heterocycles. The number of fused-ring (bicyclic) bond motifs is 2. The maximum absolute atomic E-state index is 12.2. The molecule has 0 bridgehead atoms. The molecule has 2 fully saturated rings. The summed E-state index contributed by atoms with van der Waals surface area (Å²) in [5, 5.41) is 1.28. The highest BCUT2D eigenvalue weighted by molar-refractivity contribution is 7.99. The molecule has 2 aliphatic heterocycles. The summed E-state index contributed by atoms with van der Waals surface area (Å²) in [6, 6.07) is 17.7. The standard InChI is InChI=1S/C22H23N3OS/c26-21-18-6-1-2-7-19(18)23-22(24-21)27-17-11-8-15(9-12-17)20-13-10-16-5-3-4-14-25(16)20/h1-2,6-9,11-12,16,20H,3-5,10,13-14H2,(H,23,24,26). The van der Waals surface area contributed by atoms with Crippen LogP contribution in [0.25, 0.3) is 10.9 Å². The molecule has 0 aliphatic carbocycles. The number of hydrogen-bond donors (Lipinski definition) is 1. The Morgan fingerprint density at radius 1 is 1.00 bits per heavy atom. The molecule has 0 saturated carbocycles. The Morgan fingerprint density at radius 2 is 1.85 bits per heavy atom. The molecule has 138 valence electrons. The summed E-state index contributed by atoms with van der Waals surface area (Å²) in [4.78, 5) is 23.5. The first-order valence-electron chi connectivity index (χ1n) is 9.80. The van der Waals surface area contributed by atoms with Crippen molar-refractivity contribution in [3.05, 3.63) is 64.4 Å². The van der Waals surface area contributed by atoms with Crippen LogP contribution in [0, 0.1) is 0 Å². The van der Waals surface area contributed by atoms with Gasteiger partial charge < -0.3 is 4.98 Å². The van der Waals surface area contributed by atoms with Gasteiger partial charge in [-0.25, -0.2) is 4.98 Å². The van der Waals surface area contributed by atoms with E-state index in [-0.39, 0.29) is 5.56 Å². The second-order valence-corrected chi connectivity index (χ2v) is 8.60. The molecule has 2 atom stereocenters. The first-order valence-corrected chi connectivity index (χ1v) is 10.6. The lowest BCUT2D eigenvalue weighted by Gasteiger charge is -2.34. The molecule has 1 aromatic heterocycles. The van der Waals surface area contributed by atoms with Gasteiger partial charge in [0, 0.05) is 17.0 Å². The summed E-state index contributed by atoms with van der Waals surface area (Å²) in [6.45, 7) is 1.24. The first kappa shape index (κ1) is 17.0. The molecule has 2 aliphatic rings. The lowest BCUT2D eigenvalue weighted by atomic mass is 10.0. The Labute approximate surface area is 163 Å². The van der Waals surface area contributed by atoms with E-state index < -0.39 is 0 Å². The number of aromatic nitrogens is 2. The van der Waals surface area contributed by atoms with Crippen LogP contribution in [-0.4, -0.2) is 27.5 Å². The third kappa shape index (κ3) is 3.30. The van der Waals surface area contributed by atoms with Crippen molar-refractivity contribution in [2.45, 2.75) is 54.2 Å². The summed E-state index contributed by atoms with van der Waals surface area (Å²) in [7, 11) is 0. The van der Waals surface area contributed by atoms with Crippen LogP contribution in [-0.2, 0) is 0 Å². The minimum absolute atomic E-state index is 0.0817. The van der Waals surface area contributed by atoms with Gasteiger partial charge in [-0.2, -0.15) is 0 Å². The molecule has 5 rings (SSSR count). The van der Waals surface area contributed by atoms with E-state index in [1.165, 1.54) is 56.0 Å². The Bertz CT molecular complexity index is 1010. The van der Waals surface area contributed by atoms with Gasteiger partial charge in [0.25, 0.3) is 5.56 Å². The molecular weight excluding hydrogens is 354 g/mol. The monoisotopic (exact) mass is 377 g/mol. The average molecular weight is 378 g/mol. The molecule has 2 unspecified atom stereocenters. The molecule has 4 nitrogen and oxygen atoms in total. The number of H-pyrrole nitrogens is 1. The fourth-order valence-corrected chi connectivity index (χ4v) is 5.38. The first-order chi connectivity index (χ1) is 13.3. The molecule has 1 N–H and O–H groups in total. The molecule has 2 aromatic carbocycles. The highest BCUT2D eigenvalue weighted by Crippen LogP contribution is 2.40. The maximum atomic E-state index is 12.2. The summed E-state index contributed by atoms with van der Waals surface area (Å²) >= 11 is 1.51. The van der Waals surface area contributed by atoms with Gasteiger partial charge in [-0.15, -0.1) is 0 Å². The number of piperidine rings is 1. The maximum Gasteiger partial charge on any atom is 0.259 e. The number of aromatic amines is 1. The van der Waals surface area contributed by atoms with E-state index in [9.17, 15) is 4.79 Å². The third-order valence-corrected chi connectivity index (χ3v) is 6.81. The topological polar surface area (TPSA) is 49.0 Å². The normalized spacial score (nSPS) is 22.8. The summed E-state index contributed by atoms with van der Waals surface area (Å²) < 4.78 is 0. The van der Waals surface area contributed by atoms with Crippen molar-refractivity contribution in [3.8, 4) is 0 Å². The zero-order chi connectivity index (χ0) is 18.2. The smallest absolute Gasteiger partial charge is 0.259 e. The van der Waals surface area contributed by atoms with Crippen LogP contribution >= 0.6 is 11.8 Å². The molecule has 3 aromatic rings. The third-order valence-electron chi connectivity index (χ3n) is 5.92. The highest BCUT2D eigenvalue weighted by atomic mass is 32.2. The number of nitrogens with zero attached hydrogens (tertiary/aromatic N) is 2. The van der Waals surface area contributed by atoms with Gasteiger partial charge in [0.05, 0.1) is 10.9 Å². The largest absolute Gasteiger partial charge is 0.301 e. The SMILES string of the molecule is O=c1[nH]c(Sc2ccc(C3CCC4CCCCN43)cc2)nc2ccccc12. The fourth-order valence-electron chi connectivity index (χ4n) is 4.60. The van der Waals surface area contributed by atoms with Gasteiger partial charge in [-0.1, -0.05) is 42.4 Å². The van der Waals surface area contributed by atoms with Crippen LogP contribution in [0.1, 0.15) is 43.7 Å². The molecule has 5 heteroatoms. The Balaban J connectivity index is 1.36. The molecule has 3 heterocycles. The van der Waals surface area contributed by atoms with E-state index in [0.717, 1.165) is 16.5 Å². The van der Waals surface area contributed by atoms with Crippen LogP contribution < -0.4 is 5.56 Å². The average Bonchev–Trinajstić information content (AvgIpc) is 3.13. The number of para-hydroxylation sites is 1. The van der Waals surface area contributed by atoms with Crippen LogP contribution in [0.5, 0.6) is 0 Å². The molecular formula is C22H23N3OS. The lowest BCUT2D eigenvalue weighted by molar-refractivity contribution is 0.150. The molecule has 0 radical (unpaired) electrons. The number of hydrogen-bond acceptors (Lipinski definition) is 4. The van der Waals surface area contributed by atoms with Crippen molar-refractivity contribution in [1.82, 2.24) is 14.9 Å². The Morgan fingerprint density at radius 3 is 2.74 bits per heavy atom. The second kappa shape index (κ2) is 7.13. The van der Waals surface area contributed by atoms with E-state index >= 15 is 0 Å². The van der Waals surface area contributed by atoms with Gasteiger partial charge in [-0.05, 0) is 62.1 Å². The van der Waals surface area contributed by atoms with Gasteiger partial charge in [0.15, 0.2) is 5.16 Å². The summed E-state index contributed by atoms with van der Waals surface area (Å²) in [5.74, 6) is 0. The van der Waals surface area contributed by atoms with Crippen molar-refractivity contribution in [2.75, 3.05) is 6.54 Å². The van der Waals surface area contributed by atoms with E-state index in [1.807, 2.05) is 18.2 Å². The van der Waals surface area contributed by atoms with Crippen molar-refractivity contribution in [3.63, 3.8) is 0 Å². The second-order valence-electron chi connectivity index (χ2n) is 7.54. The molecule has 27 heavy (non-hydrogen) atoms. The summed E-state index contributed by atoms with van der Waals surface area (Å²) in [6.07, 6.45) is 6.70. The van der Waals surface area contributed by atoms with Gasteiger partial charge in [0.1, 0.15) is 0 Å². The summed E-state index contributed by atoms with van der Waals surface area (Å²) in [5.41, 5.74) is 2.08. The van der Waals surface area contributed by atoms with E-state index in [1.54, 1.807) is 6.07 Å². The molecule has 0 spiro atoms. The lowest BCUT2D eigenvalue weighted by Crippen LogP contribution is -2.35. The van der Waals surface area contributed by atoms with E-state index in [0.29, 0.717) is 16.6 Å². The van der Waals surface area contributed by atoms with Gasteiger partial charge in [-0.3, -0.25) is 9.69 Å². The van der Waals surface area contributed by atoms with Crippen molar-refractivity contribution in [1.29, 1.82) is 0 Å². The minimum Gasteiger partial charge on any atom is -0.301 e. The fraction of sp³-hybridized carbons (Fsp3) is 0.364. The van der Waals surface area contributed by atoms with Gasteiger partial charge >= 0.3 is 0 Å². The van der Waals surface area contributed by atoms with Crippen LogP contribution in [0.2, 0.25) is 0 Å². The van der Waals surface area contributed by atoms with Crippen molar-refractivity contribution >= 4 is 22.7 Å². The van der Waals surface area contributed by atoms with Crippen molar-refractivity contribution in [2.24, 2.45) is 0 Å². The Kier molecular flexibility index (Phi) is 4.50. The van der Waals surface area contributed by atoms with E-state index in [4.69, 9.17) is 0 Å². The van der Waals surface area contributed by atoms with Gasteiger partial charge in [0.2, 0.25) is 0 Å². The number of rotatable bonds is 3. The zero-order valence-corrected chi connectivity index (χ0v) is 16.0. The predicted octanol–water partition coefficient (Wildman–Crippen LogP) is 4.76. The highest BCUT2D eigenvalue weighted by Gasteiger charge is 2.35.